The highest BCUT2D eigenvalue weighted by atomic mass is 32.2. The number of carboxylic acids is 3. The third-order valence-corrected chi connectivity index (χ3v) is 13.7. The van der Waals surface area contributed by atoms with Crippen molar-refractivity contribution in [2.24, 2.45) is 35.1 Å². The second-order valence-corrected chi connectivity index (χ2v) is 22.2. The molecule has 0 aliphatic carbocycles. The Morgan fingerprint density at radius 1 is 0.537 bits per heavy atom. The zero-order valence-corrected chi connectivity index (χ0v) is 49.3. The molecule has 0 unspecified atom stereocenters. The normalized spacial score (nSPS) is 15.2. The lowest BCUT2D eigenvalue weighted by Gasteiger charge is -2.30. The van der Waals surface area contributed by atoms with Crippen LogP contribution in [-0.4, -0.2) is 176 Å². The quantitative estimate of drug-likeness (QED) is 0.0319. The van der Waals surface area contributed by atoms with Gasteiger partial charge in [0.15, 0.2) is 0 Å². The summed E-state index contributed by atoms with van der Waals surface area (Å²) >= 11 is 5.74. The summed E-state index contributed by atoms with van der Waals surface area (Å²) in [6.45, 7) is 13.0. The number of rotatable bonds is 38. The number of hydrogen-bond acceptors (Lipinski definition) is 17. The van der Waals surface area contributed by atoms with E-state index >= 15 is 0 Å². The lowest BCUT2D eigenvalue weighted by Crippen LogP contribution is -2.62. The number of carbonyl (C=O) groups is 13. The van der Waals surface area contributed by atoms with Gasteiger partial charge in [0.05, 0.1) is 18.9 Å². The van der Waals surface area contributed by atoms with Crippen LogP contribution < -0.4 is 59.3 Å². The molecule has 1 rings (SSSR count). The number of phenols is 1. The lowest BCUT2D eigenvalue weighted by molar-refractivity contribution is -0.145. The van der Waals surface area contributed by atoms with Crippen molar-refractivity contribution in [2.45, 2.75) is 167 Å². The number of nitrogens with one attached hydrogen (secondary N) is 9. The molecule has 460 valence electrons. The van der Waals surface area contributed by atoms with Gasteiger partial charge in [-0.25, -0.2) is 4.79 Å². The van der Waals surface area contributed by atoms with Crippen LogP contribution in [0.25, 0.3) is 0 Å². The molecule has 82 heavy (non-hydrogen) atoms. The monoisotopic (exact) mass is 1200 g/mol. The van der Waals surface area contributed by atoms with Crippen molar-refractivity contribution >= 4 is 101 Å². The van der Waals surface area contributed by atoms with E-state index in [9.17, 15) is 82.8 Å². The van der Waals surface area contributed by atoms with E-state index in [4.69, 9.17) is 11.5 Å². The number of aliphatic carboxylic acids is 3. The topological polar surface area (TPSA) is 463 Å². The van der Waals surface area contributed by atoms with E-state index in [1.165, 1.54) is 49.9 Å². The van der Waals surface area contributed by atoms with Gasteiger partial charge in [0, 0.05) is 18.6 Å². The SMILES string of the molecule is CC[C@H](C)[C@H](NC(=O)[C@@H](NC(=O)[C@@H](N)CCSC)C(C)C)C(=O)N[C@@H](CS)C(=O)N[C@@H](CCC(N)=O)C(=O)N[C@@H](Cc1ccc(O)cc1)C(=O)N[C@H](C(=O)N[C@@H](CC(=O)O)C(=O)N[C@@H](CC(=O)O)C(=O)N[C@@H](CC(C)C)C(=O)O)C(C)C. The summed E-state index contributed by atoms with van der Waals surface area (Å²) in [5, 5.41) is 60.6. The van der Waals surface area contributed by atoms with Crippen LogP contribution in [0.4, 0.5) is 0 Å². The fourth-order valence-corrected chi connectivity index (χ4v) is 8.55. The maximum absolute atomic E-state index is 14.4. The van der Waals surface area contributed by atoms with Gasteiger partial charge < -0.3 is 79.7 Å². The van der Waals surface area contributed by atoms with Crippen LogP contribution in [0, 0.1) is 23.7 Å². The molecule has 0 saturated heterocycles. The number of thiol groups is 1. The first-order chi connectivity index (χ1) is 38.3. The molecule has 0 heterocycles. The first-order valence-electron chi connectivity index (χ1n) is 26.6. The number of thioether (sulfide) groups is 1. The number of carbonyl (C=O) groups excluding carboxylic acids is 10. The molecule has 17 N–H and O–H groups in total. The van der Waals surface area contributed by atoms with Gasteiger partial charge in [0.25, 0.3) is 0 Å². The average molecular weight is 1200 g/mol. The molecule has 0 fully saturated rings. The molecule has 0 aliphatic rings. The molecule has 1 aromatic rings. The van der Waals surface area contributed by atoms with Crippen molar-refractivity contribution in [2.75, 3.05) is 17.8 Å². The van der Waals surface area contributed by atoms with Gasteiger partial charge in [0.1, 0.15) is 60.1 Å². The summed E-state index contributed by atoms with van der Waals surface area (Å²) in [7, 11) is 0. The lowest BCUT2D eigenvalue weighted by atomic mass is 9.96. The predicted molar refractivity (Wildman–Crippen MR) is 303 cm³/mol. The first kappa shape index (κ1) is 72.8. The van der Waals surface area contributed by atoms with E-state index in [0.29, 0.717) is 24.2 Å². The van der Waals surface area contributed by atoms with Crippen LogP contribution in [0.2, 0.25) is 0 Å². The summed E-state index contributed by atoms with van der Waals surface area (Å²) in [4.78, 5) is 172. The maximum atomic E-state index is 14.4. The van der Waals surface area contributed by atoms with Gasteiger partial charge in [-0.1, -0.05) is 73.9 Å². The number of amides is 10. The molecule has 11 atom stereocenters. The molecule has 30 heteroatoms. The number of aromatic hydroxyl groups is 1. The summed E-state index contributed by atoms with van der Waals surface area (Å²) in [6.07, 6.45) is -1.05. The molecule has 0 radical (unpaired) electrons. The zero-order valence-electron chi connectivity index (χ0n) is 47.6. The van der Waals surface area contributed by atoms with E-state index in [1.54, 1.807) is 41.5 Å². The van der Waals surface area contributed by atoms with Crippen LogP contribution in [-0.2, 0) is 68.7 Å². The minimum atomic E-state index is -2.03. The Morgan fingerprint density at radius 3 is 1.39 bits per heavy atom. The summed E-state index contributed by atoms with van der Waals surface area (Å²) in [6, 6.07) is -9.82. The zero-order chi connectivity index (χ0) is 62.7. The highest BCUT2D eigenvalue weighted by Gasteiger charge is 2.38. The van der Waals surface area contributed by atoms with Gasteiger partial charge in [-0.15, -0.1) is 0 Å². The second-order valence-electron chi connectivity index (χ2n) is 20.8. The largest absolute Gasteiger partial charge is 0.508 e. The minimum absolute atomic E-state index is 0.0805. The molecule has 0 aliphatic heterocycles. The Labute approximate surface area is 485 Å². The molecule has 0 saturated carbocycles. The van der Waals surface area contributed by atoms with Crippen molar-refractivity contribution < 1.29 is 82.8 Å². The number of hydrogen-bond donors (Lipinski definition) is 16. The van der Waals surface area contributed by atoms with E-state index in [1.807, 2.05) is 6.26 Å². The van der Waals surface area contributed by atoms with E-state index in [0.717, 1.165) is 0 Å². The maximum Gasteiger partial charge on any atom is 0.326 e. The van der Waals surface area contributed by atoms with E-state index < -0.39 is 181 Å². The highest BCUT2D eigenvalue weighted by Crippen LogP contribution is 2.16. The van der Waals surface area contributed by atoms with Crippen LogP contribution in [0.15, 0.2) is 24.3 Å². The Kier molecular flexibility index (Phi) is 32.2. The number of phenolic OH excluding ortho intramolecular Hbond substituents is 1. The molecular weight excluding hydrogens is 1110 g/mol. The fraction of sp³-hybridized carbons (Fsp3) is 0.635. The van der Waals surface area contributed by atoms with E-state index in [2.05, 4.69) is 60.5 Å². The standard InChI is InChI=1S/C52H83N11O17S2/c1-10-27(8)42(63-50(77)41(26(6)7)61-43(70)30(53)17-18-82-9)51(78)60-36(23-81)48(75)55-31(15-16-37(54)65)44(71)56-32(20-28-11-13-29(64)14-12-28)47(74)62-40(25(4)5)49(76)58-34(22-39(68)69)45(72)57-33(21-38(66)67)46(73)59-35(52(79)80)19-24(2)3/h11-14,24-27,30-36,40-42,64,81H,10,15-23,53H2,1-9H3,(H2,54,65)(H,55,75)(H,56,71)(H,57,72)(H,58,76)(H,59,73)(H,60,78)(H,61,70)(H,62,74)(H,63,77)(H,66,67)(H,68,69)(H,79,80)/t27-,30-,31-,32-,33-,34-,35-,36-,40-,41-,42-/m0/s1. The molecule has 0 bridgehead atoms. The molecule has 28 nitrogen and oxygen atoms in total. The minimum Gasteiger partial charge on any atom is -0.508 e. The van der Waals surface area contributed by atoms with Gasteiger partial charge in [0.2, 0.25) is 59.1 Å². The van der Waals surface area contributed by atoms with Crippen LogP contribution >= 0.6 is 24.4 Å². The number of benzene rings is 1. The molecule has 1 aromatic carbocycles. The Morgan fingerprint density at radius 2 is 0.939 bits per heavy atom. The van der Waals surface area contributed by atoms with Crippen molar-refractivity contribution in [3.63, 3.8) is 0 Å². The van der Waals surface area contributed by atoms with Crippen LogP contribution in [0.3, 0.4) is 0 Å². The van der Waals surface area contributed by atoms with Crippen molar-refractivity contribution in [3.8, 4) is 5.75 Å². The number of primary amides is 1. The molecule has 0 spiro atoms. The van der Waals surface area contributed by atoms with Crippen molar-refractivity contribution in [1.82, 2.24) is 47.9 Å². The Balaban J connectivity index is 3.59. The highest BCUT2D eigenvalue weighted by molar-refractivity contribution is 7.98. The predicted octanol–water partition coefficient (Wildman–Crippen LogP) is -1.99. The van der Waals surface area contributed by atoms with Crippen molar-refractivity contribution in [3.05, 3.63) is 29.8 Å². The van der Waals surface area contributed by atoms with Crippen LogP contribution in [0.5, 0.6) is 5.75 Å². The van der Waals surface area contributed by atoms with Gasteiger partial charge in [-0.2, -0.15) is 24.4 Å². The Hall–Kier alpha value is -7.21. The van der Waals surface area contributed by atoms with E-state index in [-0.39, 0.29) is 30.3 Å². The Bertz CT molecular complexity index is 2400. The smallest absolute Gasteiger partial charge is 0.326 e. The number of carboxylic acid groups (broad SMARTS) is 3. The average Bonchev–Trinajstić information content (AvgIpc) is 3.43. The first-order valence-corrected chi connectivity index (χ1v) is 28.6. The summed E-state index contributed by atoms with van der Waals surface area (Å²) in [5.74, 6) is -16.7. The summed E-state index contributed by atoms with van der Waals surface area (Å²) < 4.78 is 0. The number of nitrogens with two attached hydrogens (primary N) is 2. The van der Waals surface area contributed by atoms with Crippen molar-refractivity contribution in [1.29, 1.82) is 0 Å². The van der Waals surface area contributed by atoms with Gasteiger partial charge in [-0.05, 0) is 72.6 Å². The van der Waals surface area contributed by atoms with Gasteiger partial charge in [-0.3, -0.25) is 57.5 Å². The van der Waals surface area contributed by atoms with Crippen LogP contribution in [0.1, 0.15) is 106 Å². The third kappa shape index (κ3) is 26.1. The molecule has 10 amide bonds. The molecular formula is C52H83N11O17S2. The molecule has 0 aromatic heterocycles. The summed E-state index contributed by atoms with van der Waals surface area (Å²) in [5.41, 5.74) is 11.8. The van der Waals surface area contributed by atoms with Gasteiger partial charge >= 0.3 is 17.9 Å². The fourth-order valence-electron chi connectivity index (χ4n) is 7.80. The third-order valence-electron chi connectivity index (χ3n) is 12.7. The second kappa shape index (κ2) is 36.3.